The van der Waals surface area contributed by atoms with Crippen molar-refractivity contribution in [2.45, 2.75) is 24.6 Å². The minimum absolute atomic E-state index is 0.283. The standard InChI is InChI=1S/C13H14N2O2S/c16-13(17)10-4-1-5-11-12(10)14-8-15(11)7-9-3-2-6-18-9/h1,4-5,8-9H,2-3,6-7H2,(H,16,17). The minimum atomic E-state index is -0.916. The van der Waals surface area contributed by atoms with Gasteiger partial charge in [0.2, 0.25) is 0 Å². The molecule has 2 aromatic rings. The number of carbonyl (C=O) groups is 1. The van der Waals surface area contributed by atoms with E-state index in [1.165, 1.54) is 18.6 Å². The Hall–Kier alpha value is -1.49. The zero-order valence-electron chi connectivity index (χ0n) is 9.87. The van der Waals surface area contributed by atoms with Crippen LogP contribution in [0.25, 0.3) is 11.0 Å². The van der Waals surface area contributed by atoms with Crippen LogP contribution in [-0.4, -0.2) is 31.6 Å². The summed E-state index contributed by atoms with van der Waals surface area (Å²) in [6.45, 7) is 0.921. The van der Waals surface area contributed by atoms with E-state index in [4.69, 9.17) is 5.11 Å². The van der Waals surface area contributed by atoms with E-state index in [0.717, 1.165) is 12.1 Å². The van der Waals surface area contributed by atoms with Gasteiger partial charge in [-0.3, -0.25) is 0 Å². The maximum absolute atomic E-state index is 11.1. The first-order chi connectivity index (χ1) is 8.75. The summed E-state index contributed by atoms with van der Waals surface area (Å²) in [5.74, 6) is 0.318. The third-order valence-electron chi connectivity index (χ3n) is 3.31. The van der Waals surface area contributed by atoms with Crippen molar-refractivity contribution >= 4 is 28.8 Å². The third kappa shape index (κ3) is 1.99. The number of benzene rings is 1. The van der Waals surface area contributed by atoms with Gasteiger partial charge in [-0.1, -0.05) is 6.07 Å². The molecule has 18 heavy (non-hydrogen) atoms. The van der Waals surface area contributed by atoms with Gasteiger partial charge in [0, 0.05) is 11.8 Å². The number of aromatic nitrogens is 2. The molecule has 1 saturated heterocycles. The maximum atomic E-state index is 11.1. The van der Waals surface area contributed by atoms with E-state index < -0.39 is 5.97 Å². The molecule has 1 aromatic carbocycles. The number of fused-ring (bicyclic) bond motifs is 1. The molecule has 94 valence electrons. The van der Waals surface area contributed by atoms with Crippen molar-refractivity contribution in [1.82, 2.24) is 9.55 Å². The fourth-order valence-corrected chi connectivity index (χ4v) is 3.68. The predicted octanol–water partition coefficient (Wildman–Crippen LogP) is 2.63. The van der Waals surface area contributed by atoms with Crippen LogP contribution in [0.2, 0.25) is 0 Å². The molecule has 3 rings (SSSR count). The normalized spacial score (nSPS) is 19.4. The van der Waals surface area contributed by atoms with Crippen LogP contribution >= 0.6 is 11.8 Å². The number of imidazole rings is 1. The van der Waals surface area contributed by atoms with Gasteiger partial charge >= 0.3 is 5.97 Å². The summed E-state index contributed by atoms with van der Waals surface area (Å²) in [7, 11) is 0. The average molecular weight is 262 g/mol. The zero-order valence-corrected chi connectivity index (χ0v) is 10.7. The zero-order chi connectivity index (χ0) is 12.5. The van der Waals surface area contributed by atoms with E-state index >= 15 is 0 Å². The van der Waals surface area contributed by atoms with E-state index in [0.29, 0.717) is 10.8 Å². The van der Waals surface area contributed by atoms with Crippen LogP contribution in [0.5, 0.6) is 0 Å². The Morgan fingerprint density at radius 1 is 1.56 bits per heavy atom. The Morgan fingerprint density at radius 3 is 3.17 bits per heavy atom. The van der Waals surface area contributed by atoms with Gasteiger partial charge in [-0.2, -0.15) is 11.8 Å². The number of carboxylic acid groups (broad SMARTS) is 1. The Balaban J connectivity index is 1.98. The summed E-state index contributed by atoms with van der Waals surface area (Å²) in [6, 6.07) is 5.33. The first-order valence-electron chi connectivity index (χ1n) is 6.04. The van der Waals surface area contributed by atoms with Crippen molar-refractivity contribution in [1.29, 1.82) is 0 Å². The number of aromatic carboxylic acids is 1. The van der Waals surface area contributed by atoms with Crippen LogP contribution < -0.4 is 0 Å². The van der Waals surface area contributed by atoms with E-state index in [2.05, 4.69) is 9.55 Å². The Morgan fingerprint density at radius 2 is 2.44 bits per heavy atom. The summed E-state index contributed by atoms with van der Waals surface area (Å²) in [5.41, 5.74) is 1.79. The lowest BCUT2D eigenvalue weighted by molar-refractivity contribution is 0.0699. The number of para-hydroxylation sites is 1. The average Bonchev–Trinajstić information content (AvgIpc) is 2.99. The van der Waals surface area contributed by atoms with Gasteiger partial charge in [-0.25, -0.2) is 9.78 Å². The molecule has 0 amide bonds. The fraction of sp³-hybridized carbons (Fsp3) is 0.385. The largest absolute Gasteiger partial charge is 0.478 e. The van der Waals surface area contributed by atoms with E-state index in [9.17, 15) is 4.79 Å². The van der Waals surface area contributed by atoms with Crippen LogP contribution in [0.1, 0.15) is 23.2 Å². The lowest BCUT2D eigenvalue weighted by Crippen LogP contribution is -2.08. The molecular weight excluding hydrogens is 248 g/mol. The van der Waals surface area contributed by atoms with Crippen molar-refractivity contribution in [2.75, 3.05) is 5.75 Å². The molecule has 1 aliphatic rings. The molecule has 4 nitrogen and oxygen atoms in total. The quantitative estimate of drug-likeness (QED) is 0.924. The number of nitrogens with zero attached hydrogens (tertiary/aromatic N) is 2. The smallest absolute Gasteiger partial charge is 0.337 e. The SMILES string of the molecule is O=C(O)c1cccc2c1ncn2CC1CCCS1. The first kappa shape index (κ1) is 11.6. The van der Waals surface area contributed by atoms with Crippen LogP contribution in [0.15, 0.2) is 24.5 Å². The lowest BCUT2D eigenvalue weighted by atomic mass is 10.2. The summed E-state index contributed by atoms with van der Waals surface area (Å²) in [4.78, 5) is 15.4. The Bertz CT molecular complexity index is 588. The highest BCUT2D eigenvalue weighted by Crippen LogP contribution is 2.28. The molecular formula is C13H14N2O2S. The van der Waals surface area contributed by atoms with Crippen molar-refractivity contribution in [3.8, 4) is 0 Å². The van der Waals surface area contributed by atoms with Gasteiger partial charge in [-0.15, -0.1) is 0 Å². The van der Waals surface area contributed by atoms with Crippen LogP contribution in [0.3, 0.4) is 0 Å². The van der Waals surface area contributed by atoms with Crippen LogP contribution in [0.4, 0.5) is 0 Å². The summed E-state index contributed by atoms with van der Waals surface area (Å²) in [6.07, 6.45) is 4.28. The molecule has 0 radical (unpaired) electrons. The monoisotopic (exact) mass is 262 g/mol. The van der Waals surface area contributed by atoms with Crippen molar-refractivity contribution in [2.24, 2.45) is 0 Å². The summed E-state index contributed by atoms with van der Waals surface area (Å²) in [5, 5.41) is 9.76. The molecule has 5 heteroatoms. The molecule has 0 spiro atoms. The molecule has 1 unspecified atom stereocenters. The van der Waals surface area contributed by atoms with E-state index in [1.807, 2.05) is 17.8 Å². The molecule has 2 heterocycles. The first-order valence-corrected chi connectivity index (χ1v) is 7.09. The number of hydrogen-bond acceptors (Lipinski definition) is 3. The molecule has 1 atom stereocenters. The highest BCUT2D eigenvalue weighted by molar-refractivity contribution is 8.00. The van der Waals surface area contributed by atoms with Crippen molar-refractivity contribution < 1.29 is 9.90 Å². The number of thioether (sulfide) groups is 1. The van der Waals surface area contributed by atoms with Gasteiger partial charge < -0.3 is 9.67 Å². The Kier molecular flexibility index (Phi) is 2.99. The summed E-state index contributed by atoms with van der Waals surface area (Å²) < 4.78 is 2.07. The predicted molar refractivity (Wildman–Crippen MR) is 72.2 cm³/mol. The minimum Gasteiger partial charge on any atom is -0.478 e. The van der Waals surface area contributed by atoms with E-state index in [1.54, 1.807) is 18.5 Å². The molecule has 0 bridgehead atoms. The van der Waals surface area contributed by atoms with Gasteiger partial charge in [0.15, 0.2) is 0 Å². The maximum Gasteiger partial charge on any atom is 0.337 e. The Labute approximate surface area is 109 Å². The highest BCUT2D eigenvalue weighted by atomic mass is 32.2. The second-order valence-corrected chi connectivity index (χ2v) is 5.92. The van der Waals surface area contributed by atoms with Gasteiger partial charge in [0.05, 0.1) is 17.4 Å². The highest BCUT2D eigenvalue weighted by Gasteiger charge is 2.18. The molecule has 0 saturated carbocycles. The van der Waals surface area contributed by atoms with Crippen molar-refractivity contribution in [3.63, 3.8) is 0 Å². The fourth-order valence-electron chi connectivity index (χ4n) is 2.41. The second kappa shape index (κ2) is 4.65. The summed E-state index contributed by atoms with van der Waals surface area (Å²) >= 11 is 1.99. The van der Waals surface area contributed by atoms with Crippen LogP contribution in [0, 0.1) is 0 Å². The van der Waals surface area contributed by atoms with Crippen LogP contribution in [-0.2, 0) is 6.54 Å². The lowest BCUT2D eigenvalue weighted by Gasteiger charge is -2.10. The molecule has 1 fully saturated rings. The molecule has 1 aliphatic heterocycles. The number of hydrogen-bond donors (Lipinski definition) is 1. The van der Waals surface area contributed by atoms with Gasteiger partial charge in [-0.05, 0) is 30.7 Å². The molecule has 0 aliphatic carbocycles. The van der Waals surface area contributed by atoms with Gasteiger partial charge in [0.1, 0.15) is 5.52 Å². The second-order valence-electron chi connectivity index (χ2n) is 4.51. The number of rotatable bonds is 3. The van der Waals surface area contributed by atoms with E-state index in [-0.39, 0.29) is 5.56 Å². The topological polar surface area (TPSA) is 55.1 Å². The molecule has 1 N–H and O–H groups in total. The van der Waals surface area contributed by atoms with Crippen molar-refractivity contribution in [3.05, 3.63) is 30.1 Å². The van der Waals surface area contributed by atoms with Gasteiger partial charge in [0.25, 0.3) is 0 Å². The molecule has 1 aromatic heterocycles. The third-order valence-corrected chi connectivity index (χ3v) is 4.69. The number of carboxylic acids is 1.